The minimum Gasteiger partial charge on any atom is -0.346 e. The second kappa shape index (κ2) is 7.99. The predicted molar refractivity (Wildman–Crippen MR) is 93.6 cm³/mol. The summed E-state index contributed by atoms with van der Waals surface area (Å²) in [5.41, 5.74) is 6.39. The minimum atomic E-state index is -0.601. The van der Waals surface area contributed by atoms with E-state index in [1.807, 2.05) is 32.0 Å². The Morgan fingerprint density at radius 1 is 1.35 bits per heavy atom. The first-order valence-corrected chi connectivity index (χ1v) is 7.82. The van der Waals surface area contributed by atoms with E-state index in [0.717, 1.165) is 18.4 Å². The summed E-state index contributed by atoms with van der Waals surface area (Å²) < 4.78 is 0. The Morgan fingerprint density at radius 3 is 2.52 bits per heavy atom. The van der Waals surface area contributed by atoms with Gasteiger partial charge in [0.05, 0.1) is 18.1 Å². The van der Waals surface area contributed by atoms with Crippen LogP contribution in [-0.4, -0.2) is 24.4 Å². The molecule has 0 saturated heterocycles. The first-order valence-electron chi connectivity index (χ1n) is 7.44. The molecule has 1 saturated carbocycles. The standard InChI is InChI=1S/C16H22ClN3O2.ClH/c1-10(2)14(18)15(22)19-9-13(21)20-16(6-7-16)11-4-3-5-12(17)8-11;/h3-5,8,10,14H,6-7,9,18H2,1-2H3,(H,19,22)(H,20,21);1H/t14-;/m0./s1. The Kier molecular flexibility index (Phi) is 6.86. The van der Waals surface area contributed by atoms with Crippen LogP contribution in [0.15, 0.2) is 24.3 Å². The Bertz CT molecular complexity index is 574. The number of hydrogen-bond acceptors (Lipinski definition) is 3. The van der Waals surface area contributed by atoms with Crippen molar-refractivity contribution in [3.8, 4) is 0 Å². The zero-order valence-electron chi connectivity index (χ0n) is 13.3. The number of carbonyl (C=O) groups excluding carboxylic acids is 2. The van der Waals surface area contributed by atoms with Crippen molar-refractivity contribution in [2.24, 2.45) is 11.7 Å². The summed E-state index contributed by atoms with van der Waals surface area (Å²) in [5, 5.41) is 6.20. The molecule has 1 atom stereocenters. The van der Waals surface area contributed by atoms with Gasteiger partial charge in [-0.2, -0.15) is 0 Å². The molecule has 1 aromatic carbocycles. The molecule has 0 unspecified atom stereocenters. The van der Waals surface area contributed by atoms with E-state index in [0.29, 0.717) is 5.02 Å². The van der Waals surface area contributed by atoms with Crippen molar-refractivity contribution < 1.29 is 9.59 Å². The van der Waals surface area contributed by atoms with Crippen molar-refractivity contribution in [2.75, 3.05) is 6.54 Å². The first kappa shape index (κ1) is 19.7. The van der Waals surface area contributed by atoms with Crippen LogP contribution in [0.5, 0.6) is 0 Å². The Morgan fingerprint density at radius 2 is 2.00 bits per heavy atom. The first-order chi connectivity index (χ1) is 10.3. The normalized spacial score (nSPS) is 16.2. The maximum atomic E-state index is 12.1. The third-order valence-corrected chi connectivity index (χ3v) is 4.19. The summed E-state index contributed by atoms with van der Waals surface area (Å²) in [5.74, 6) is -0.496. The molecule has 2 amide bonds. The van der Waals surface area contributed by atoms with Gasteiger partial charge in [-0.05, 0) is 36.5 Å². The molecule has 1 fully saturated rings. The van der Waals surface area contributed by atoms with Crippen LogP contribution in [-0.2, 0) is 15.1 Å². The van der Waals surface area contributed by atoms with Gasteiger partial charge in [0.15, 0.2) is 0 Å². The lowest BCUT2D eigenvalue weighted by molar-refractivity contribution is -0.127. The van der Waals surface area contributed by atoms with Crippen molar-refractivity contribution >= 4 is 35.8 Å². The number of nitrogens with one attached hydrogen (secondary N) is 2. The summed E-state index contributed by atoms with van der Waals surface area (Å²) >= 11 is 6.00. The minimum absolute atomic E-state index is 0. The number of halogens is 2. The van der Waals surface area contributed by atoms with Gasteiger partial charge >= 0.3 is 0 Å². The SMILES string of the molecule is CC(C)[C@H](N)C(=O)NCC(=O)NC1(c2cccc(Cl)c2)CC1.Cl. The highest BCUT2D eigenvalue weighted by molar-refractivity contribution is 6.30. The second-order valence-corrected chi connectivity index (χ2v) is 6.56. The average Bonchev–Trinajstić information content (AvgIpc) is 3.24. The van der Waals surface area contributed by atoms with Gasteiger partial charge in [-0.15, -0.1) is 12.4 Å². The molecule has 1 aromatic rings. The fourth-order valence-electron chi connectivity index (χ4n) is 2.30. The fourth-order valence-corrected chi connectivity index (χ4v) is 2.49. The van der Waals surface area contributed by atoms with Gasteiger partial charge in [0.25, 0.3) is 0 Å². The highest BCUT2D eigenvalue weighted by Crippen LogP contribution is 2.45. The molecule has 0 heterocycles. The monoisotopic (exact) mass is 359 g/mol. The molecular formula is C16H23Cl2N3O2. The van der Waals surface area contributed by atoms with Gasteiger partial charge in [0.2, 0.25) is 11.8 Å². The van der Waals surface area contributed by atoms with Gasteiger partial charge in [-0.3, -0.25) is 9.59 Å². The van der Waals surface area contributed by atoms with Crippen LogP contribution in [0.4, 0.5) is 0 Å². The number of nitrogens with two attached hydrogens (primary N) is 1. The van der Waals surface area contributed by atoms with Gasteiger partial charge < -0.3 is 16.4 Å². The van der Waals surface area contributed by atoms with Crippen LogP contribution < -0.4 is 16.4 Å². The molecule has 4 N–H and O–H groups in total. The number of hydrogen-bond donors (Lipinski definition) is 3. The highest BCUT2D eigenvalue weighted by Gasteiger charge is 2.45. The van der Waals surface area contributed by atoms with Crippen LogP contribution in [0.1, 0.15) is 32.3 Å². The van der Waals surface area contributed by atoms with Crippen molar-refractivity contribution in [1.29, 1.82) is 0 Å². The molecule has 0 aliphatic heterocycles. The summed E-state index contributed by atoms with van der Waals surface area (Å²) in [6, 6.07) is 6.88. The summed E-state index contributed by atoms with van der Waals surface area (Å²) in [6.07, 6.45) is 1.75. The van der Waals surface area contributed by atoms with Gasteiger partial charge in [-0.1, -0.05) is 37.6 Å². The number of amides is 2. The Hall–Kier alpha value is -1.30. The third kappa shape index (κ3) is 5.09. The highest BCUT2D eigenvalue weighted by atomic mass is 35.5. The van der Waals surface area contributed by atoms with Gasteiger partial charge in [0, 0.05) is 5.02 Å². The molecule has 1 aliphatic rings. The number of benzene rings is 1. The molecular weight excluding hydrogens is 337 g/mol. The van der Waals surface area contributed by atoms with Crippen LogP contribution in [0, 0.1) is 5.92 Å². The molecule has 5 nitrogen and oxygen atoms in total. The Balaban J connectivity index is 0.00000264. The largest absolute Gasteiger partial charge is 0.346 e. The third-order valence-electron chi connectivity index (χ3n) is 3.95. The fraction of sp³-hybridized carbons (Fsp3) is 0.500. The molecule has 0 bridgehead atoms. The smallest absolute Gasteiger partial charge is 0.240 e. The van der Waals surface area contributed by atoms with Gasteiger partial charge in [-0.25, -0.2) is 0 Å². The van der Waals surface area contributed by atoms with E-state index in [1.165, 1.54) is 0 Å². The molecule has 0 spiro atoms. The van der Waals surface area contributed by atoms with Crippen molar-refractivity contribution in [2.45, 2.75) is 38.3 Å². The second-order valence-electron chi connectivity index (χ2n) is 6.13. The van der Waals surface area contributed by atoms with E-state index < -0.39 is 6.04 Å². The van der Waals surface area contributed by atoms with Crippen molar-refractivity contribution in [3.05, 3.63) is 34.9 Å². The predicted octanol–water partition coefficient (Wildman–Crippen LogP) is 1.97. The maximum absolute atomic E-state index is 12.1. The zero-order valence-corrected chi connectivity index (χ0v) is 14.8. The summed E-state index contributed by atoms with van der Waals surface area (Å²) in [4.78, 5) is 23.8. The molecule has 0 radical (unpaired) electrons. The lowest BCUT2D eigenvalue weighted by Gasteiger charge is -2.19. The van der Waals surface area contributed by atoms with Crippen LogP contribution in [0.2, 0.25) is 5.02 Å². The van der Waals surface area contributed by atoms with E-state index >= 15 is 0 Å². The maximum Gasteiger partial charge on any atom is 0.240 e. The quantitative estimate of drug-likeness (QED) is 0.725. The summed E-state index contributed by atoms with van der Waals surface area (Å²) in [6.45, 7) is 3.66. The van der Waals surface area contributed by atoms with E-state index in [2.05, 4.69) is 10.6 Å². The van der Waals surface area contributed by atoms with Crippen LogP contribution in [0.25, 0.3) is 0 Å². The number of rotatable bonds is 6. The lowest BCUT2D eigenvalue weighted by Crippen LogP contribution is -2.48. The lowest BCUT2D eigenvalue weighted by atomic mass is 10.0. The molecule has 1 aliphatic carbocycles. The van der Waals surface area contributed by atoms with E-state index in [9.17, 15) is 9.59 Å². The van der Waals surface area contributed by atoms with Gasteiger partial charge in [0.1, 0.15) is 0 Å². The zero-order chi connectivity index (χ0) is 16.3. The topological polar surface area (TPSA) is 84.2 Å². The van der Waals surface area contributed by atoms with E-state index in [1.54, 1.807) is 6.07 Å². The van der Waals surface area contributed by atoms with E-state index in [-0.39, 0.29) is 42.2 Å². The van der Waals surface area contributed by atoms with E-state index in [4.69, 9.17) is 17.3 Å². The summed E-state index contributed by atoms with van der Waals surface area (Å²) in [7, 11) is 0. The molecule has 0 aromatic heterocycles. The van der Waals surface area contributed by atoms with Crippen LogP contribution in [0.3, 0.4) is 0 Å². The molecule has 128 valence electrons. The number of carbonyl (C=O) groups is 2. The van der Waals surface area contributed by atoms with Crippen molar-refractivity contribution in [3.63, 3.8) is 0 Å². The van der Waals surface area contributed by atoms with Crippen molar-refractivity contribution in [1.82, 2.24) is 10.6 Å². The molecule has 23 heavy (non-hydrogen) atoms. The molecule has 2 rings (SSSR count). The average molecular weight is 360 g/mol. The van der Waals surface area contributed by atoms with Crippen LogP contribution >= 0.6 is 24.0 Å². The Labute approximate surface area is 147 Å². The molecule has 7 heteroatoms.